The van der Waals surface area contributed by atoms with E-state index in [-0.39, 0.29) is 18.3 Å². The summed E-state index contributed by atoms with van der Waals surface area (Å²) in [6.07, 6.45) is 4.89. The van der Waals surface area contributed by atoms with Gasteiger partial charge in [-0.05, 0) is 57.2 Å². The Balaban J connectivity index is 0.00000147. The largest absolute Gasteiger partial charge is 0.456 e. The van der Waals surface area contributed by atoms with Gasteiger partial charge in [0.05, 0.1) is 0 Å². The van der Waals surface area contributed by atoms with Gasteiger partial charge < -0.3 is 14.6 Å². The molecule has 2 fully saturated rings. The van der Waals surface area contributed by atoms with E-state index in [1.807, 2.05) is 17.9 Å². The highest BCUT2D eigenvalue weighted by Crippen LogP contribution is 2.28. The summed E-state index contributed by atoms with van der Waals surface area (Å²) in [6, 6.07) is 4.20. The fraction of sp³-hybridized carbons (Fsp3) is 0.667. The molecule has 4 nitrogen and oxygen atoms in total. The molecule has 2 aliphatic rings. The minimum absolute atomic E-state index is 0. The SMILES string of the molecule is Cc1ccc(C(=O)N2CCC(NCC3CC3)CC2)o1.Cl. The number of likely N-dealkylation sites (tertiary alicyclic amines) is 1. The van der Waals surface area contributed by atoms with E-state index >= 15 is 0 Å². The number of halogens is 1. The van der Waals surface area contributed by atoms with Crippen molar-refractivity contribution in [2.24, 2.45) is 5.92 Å². The Labute approximate surface area is 126 Å². The van der Waals surface area contributed by atoms with Crippen LogP contribution in [0.1, 0.15) is 42.0 Å². The topological polar surface area (TPSA) is 45.5 Å². The predicted molar refractivity (Wildman–Crippen MR) is 80.3 cm³/mol. The molecular formula is C15H23ClN2O2. The lowest BCUT2D eigenvalue weighted by atomic mass is 10.0. The second-order valence-electron chi connectivity index (χ2n) is 5.83. The van der Waals surface area contributed by atoms with Crippen molar-refractivity contribution < 1.29 is 9.21 Å². The van der Waals surface area contributed by atoms with Crippen LogP contribution in [0.5, 0.6) is 0 Å². The van der Waals surface area contributed by atoms with Crippen molar-refractivity contribution in [3.05, 3.63) is 23.7 Å². The van der Waals surface area contributed by atoms with Gasteiger partial charge >= 0.3 is 0 Å². The maximum Gasteiger partial charge on any atom is 0.289 e. The lowest BCUT2D eigenvalue weighted by Gasteiger charge is -2.32. The Morgan fingerprint density at radius 3 is 2.55 bits per heavy atom. The summed E-state index contributed by atoms with van der Waals surface area (Å²) in [5.74, 6) is 2.23. The molecule has 0 atom stereocenters. The number of rotatable bonds is 4. The first kappa shape index (κ1) is 15.4. The summed E-state index contributed by atoms with van der Waals surface area (Å²) in [6.45, 7) is 4.70. The number of piperidine rings is 1. The van der Waals surface area contributed by atoms with Crippen molar-refractivity contribution in [1.29, 1.82) is 0 Å². The van der Waals surface area contributed by atoms with Gasteiger partial charge in [-0.2, -0.15) is 0 Å². The second-order valence-corrected chi connectivity index (χ2v) is 5.83. The zero-order chi connectivity index (χ0) is 13.2. The number of hydrogen-bond acceptors (Lipinski definition) is 3. The molecule has 1 N–H and O–H groups in total. The van der Waals surface area contributed by atoms with E-state index in [0.29, 0.717) is 11.8 Å². The first-order valence-electron chi connectivity index (χ1n) is 7.31. The van der Waals surface area contributed by atoms with E-state index in [0.717, 1.165) is 44.2 Å². The maximum absolute atomic E-state index is 12.2. The van der Waals surface area contributed by atoms with E-state index in [2.05, 4.69) is 5.32 Å². The molecule has 1 aliphatic carbocycles. The van der Waals surface area contributed by atoms with E-state index in [4.69, 9.17) is 4.42 Å². The van der Waals surface area contributed by atoms with E-state index in [1.54, 1.807) is 6.07 Å². The lowest BCUT2D eigenvalue weighted by molar-refractivity contribution is 0.0671. The number of furan rings is 1. The van der Waals surface area contributed by atoms with Crippen LogP contribution in [0, 0.1) is 12.8 Å². The summed E-state index contributed by atoms with van der Waals surface area (Å²) in [5, 5.41) is 3.63. The number of amides is 1. The zero-order valence-electron chi connectivity index (χ0n) is 11.9. The smallest absolute Gasteiger partial charge is 0.289 e. The highest BCUT2D eigenvalue weighted by Gasteiger charge is 2.27. The molecule has 0 unspecified atom stereocenters. The van der Waals surface area contributed by atoms with Crippen LogP contribution < -0.4 is 5.32 Å². The van der Waals surface area contributed by atoms with Gasteiger partial charge in [-0.15, -0.1) is 12.4 Å². The van der Waals surface area contributed by atoms with Gasteiger partial charge in [-0.25, -0.2) is 0 Å². The fourth-order valence-electron chi connectivity index (χ4n) is 2.65. The zero-order valence-corrected chi connectivity index (χ0v) is 12.7. The number of nitrogens with one attached hydrogen (secondary N) is 1. The Morgan fingerprint density at radius 2 is 2.00 bits per heavy atom. The van der Waals surface area contributed by atoms with Gasteiger partial charge in [-0.1, -0.05) is 0 Å². The molecule has 112 valence electrons. The summed E-state index contributed by atoms with van der Waals surface area (Å²) in [7, 11) is 0. The van der Waals surface area contributed by atoms with Crippen molar-refractivity contribution in [3.8, 4) is 0 Å². The van der Waals surface area contributed by atoms with E-state index in [9.17, 15) is 4.79 Å². The van der Waals surface area contributed by atoms with Gasteiger partial charge in [0.25, 0.3) is 5.91 Å². The molecule has 0 bridgehead atoms. The first-order chi connectivity index (χ1) is 9.22. The Hall–Kier alpha value is -1.00. The Morgan fingerprint density at radius 1 is 1.30 bits per heavy atom. The van der Waals surface area contributed by atoms with Crippen molar-refractivity contribution in [1.82, 2.24) is 10.2 Å². The molecule has 0 spiro atoms. The summed E-state index contributed by atoms with van der Waals surface area (Å²) in [5.41, 5.74) is 0. The van der Waals surface area contributed by atoms with Gasteiger partial charge in [0.15, 0.2) is 5.76 Å². The molecule has 5 heteroatoms. The van der Waals surface area contributed by atoms with Crippen LogP contribution in [0.15, 0.2) is 16.5 Å². The average molecular weight is 299 g/mol. The third kappa shape index (κ3) is 3.76. The standard InChI is InChI=1S/C15H22N2O2.ClH/c1-11-2-5-14(19-11)15(18)17-8-6-13(7-9-17)16-10-12-3-4-12;/h2,5,12-13,16H,3-4,6-10H2,1H3;1H. The van der Waals surface area contributed by atoms with Crippen LogP contribution >= 0.6 is 12.4 Å². The number of carbonyl (C=O) groups excluding carboxylic acids is 1. The number of hydrogen-bond donors (Lipinski definition) is 1. The Bertz CT molecular complexity index is 448. The molecule has 1 aliphatic heterocycles. The van der Waals surface area contributed by atoms with Crippen LogP contribution in [0.2, 0.25) is 0 Å². The van der Waals surface area contributed by atoms with Gasteiger partial charge in [0, 0.05) is 19.1 Å². The van der Waals surface area contributed by atoms with Crippen LogP contribution in [0.3, 0.4) is 0 Å². The third-order valence-electron chi connectivity index (χ3n) is 4.13. The molecule has 2 heterocycles. The second kappa shape index (κ2) is 6.64. The molecule has 1 aromatic heterocycles. The van der Waals surface area contributed by atoms with Gasteiger partial charge in [0.2, 0.25) is 0 Å². The minimum Gasteiger partial charge on any atom is -0.456 e. The number of carbonyl (C=O) groups is 1. The highest BCUT2D eigenvalue weighted by molar-refractivity contribution is 5.91. The summed E-state index contributed by atoms with van der Waals surface area (Å²) < 4.78 is 5.41. The van der Waals surface area contributed by atoms with E-state index in [1.165, 1.54) is 12.8 Å². The lowest BCUT2D eigenvalue weighted by Crippen LogP contribution is -2.45. The molecule has 3 rings (SSSR count). The van der Waals surface area contributed by atoms with E-state index < -0.39 is 0 Å². The monoisotopic (exact) mass is 298 g/mol. The molecule has 1 saturated heterocycles. The molecule has 1 saturated carbocycles. The normalized spacial score (nSPS) is 19.8. The maximum atomic E-state index is 12.2. The van der Waals surface area contributed by atoms with Crippen LogP contribution in [0.25, 0.3) is 0 Å². The van der Waals surface area contributed by atoms with Crippen molar-refractivity contribution >= 4 is 18.3 Å². The first-order valence-corrected chi connectivity index (χ1v) is 7.31. The quantitative estimate of drug-likeness (QED) is 0.929. The fourth-order valence-corrected chi connectivity index (χ4v) is 2.65. The summed E-state index contributed by atoms with van der Waals surface area (Å²) >= 11 is 0. The van der Waals surface area contributed by atoms with Crippen molar-refractivity contribution in [2.45, 2.75) is 38.6 Å². The van der Waals surface area contributed by atoms with Crippen LogP contribution in [0.4, 0.5) is 0 Å². The molecule has 1 amide bonds. The number of aryl methyl sites for hydroxylation is 1. The molecule has 0 radical (unpaired) electrons. The number of nitrogens with zero attached hydrogens (tertiary/aromatic N) is 1. The van der Waals surface area contributed by atoms with Gasteiger partial charge in [0.1, 0.15) is 5.76 Å². The molecule has 1 aromatic rings. The Kier molecular flexibility index (Phi) is 5.11. The van der Waals surface area contributed by atoms with Crippen LogP contribution in [-0.2, 0) is 0 Å². The minimum atomic E-state index is 0. The predicted octanol–water partition coefficient (Wildman–Crippen LogP) is 2.61. The highest BCUT2D eigenvalue weighted by atomic mass is 35.5. The third-order valence-corrected chi connectivity index (χ3v) is 4.13. The summed E-state index contributed by atoms with van der Waals surface area (Å²) in [4.78, 5) is 14.1. The molecular weight excluding hydrogens is 276 g/mol. The van der Waals surface area contributed by atoms with Crippen molar-refractivity contribution in [2.75, 3.05) is 19.6 Å². The molecule has 20 heavy (non-hydrogen) atoms. The molecule has 0 aromatic carbocycles. The van der Waals surface area contributed by atoms with Crippen molar-refractivity contribution in [3.63, 3.8) is 0 Å². The van der Waals surface area contributed by atoms with Gasteiger partial charge in [-0.3, -0.25) is 4.79 Å². The average Bonchev–Trinajstić information content (AvgIpc) is 3.17. The van der Waals surface area contributed by atoms with Crippen LogP contribution in [-0.4, -0.2) is 36.5 Å².